The Morgan fingerprint density at radius 3 is 2.69 bits per heavy atom. The summed E-state index contributed by atoms with van der Waals surface area (Å²) in [4.78, 5) is 26.8. The number of anilines is 1. The van der Waals surface area contributed by atoms with Gasteiger partial charge in [-0.05, 0) is 51.2 Å². The van der Waals surface area contributed by atoms with Crippen LogP contribution in [0.1, 0.15) is 55.9 Å². The fraction of sp³-hybridized carbons (Fsp3) is 0.500. The Hall–Kier alpha value is -2.83. The number of nitrogens with one attached hydrogen (secondary N) is 1. The molecule has 1 aromatic carbocycles. The van der Waals surface area contributed by atoms with Gasteiger partial charge >= 0.3 is 0 Å². The molecule has 2 aromatic rings. The lowest BCUT2D eigenvalue weighted by Crippen LogP contribution is -2.38. The predicted molar refractivity (Wildman–Crippen MR) is 112 cm³/mol. The molecule has 29 heavy (non-hydrogen) atoms. The molecule has 156 valence electrons. The fourth-order valence-corrected chi connectivity index (χ4v) is 3.60. The van der Waals surface area contributed by atoms with E-state index in [-0.39, 0.29) is 17.9 Å². The van der Waals surface area contributed by atoms with Crippen molar-refractivity contribution in [3.63, 3.8) is 0 Å². The molecule has 7 nitrogen and oxygen atoms in total. The van der Waals surface area contributed by atoms with Gasteiger partial charge in [-0.25, -0.2) is 0 Å². The molecule has 0 saturated carbocycles. The van der Waals surface area contributed by atoms with E-state index in [0.29, 0.717) is 17.9 Å². The third-order valence-corrected chi connectivity index (χ3v) is 5.41. The van der Waals surface area contributed by atoms with E-state index in [4.69, 9.17) is 4.74 Å². The molecule has 7 heteroatoms. The van der Waals surface area contributed by atoms with Gasteiger partial charge in [0.1, 0.15) is 5.75 Å². The second-order valence-electron chi connectivity index (χ2n) is 7.86. The van der Waals surface area contributed by atoms with E-state index in [2.05, 4.69) is 10.4 Å². The summed E-state index contributed by atoms with van der Waals surface area (Å²) in [6.45, 7) is 5.54. The van der Waals surface area contributed by atoms with Crippen LogP contribution in [0, 0.1) is 5.92 Å². The molecule has 1 fully saturated rings. The Labute approximate surface area is 172 Å². The summed E-state index contributed by atoms with van der Waals surface area (Å²) in [7, 11) is 1.61. The van der Waals surface area contributed by atoms with Gasteiger partial charge in [0.25, 0.3) is 5.91 Å². The number of carbonyl (C=O) groups is 2. The van der Waals surface area contributed by atoms with E-state index in [1.807, 2.05) is 49.2 Å². The van der Waals surface area contributed by atoms with Gasteiger partial charge < -0.3 is 15.0 Å². The topological polar surface area (TPSA) is 76.5 Å². The van der Waals surface area contributed by atoms with Crippen LogP contribution < -0.4 is 10.1 Å². The van der Waals surface area contributed by atoms with Crippen LogP contribution in [0.25, 0.3) is 0 Å². The number of hydrogen-bond donors (Lipinski definition) is 1. The number of amides is 2. The minimum absolute atomic E-state index is 0.0119. The maximum Gasteiger partial charge on any atom is 0.257 e. The van der Waals surface area contributed by atoms with Crippen molar-refractivity contribution in [1.29, 1.82) is 0 Å². The summed E-state index contributed by atoms with van der Waals surface area (Å²) in [6, 6.07) is 7.60. The summed E-state index contributed by atoms with van der Waals surface area (Å²) in [5.41, 5.74) is 1.39. The highest BCUT2D eigenvalue weighted by Crippen LogP contribution is 2.24. The second-order valence-corrected chi connectivity index (χ2v) is 7.86. The maximum atomic E-state index is 12.7. The second kappa shape index (κ2) is 9.58. The number of benzene rings is 1. The Morgan fingerprint density at radius 1 is 1.28 bits per heavy atom. The third-order valence-electron chi connectivity index (χ3n) is 5.41. The quantitative estimate of drug-likeness (QED) is 0.771. The molecule has 0 bridgehead atoms. The zero-order valence-electron chi connectivity index (χ0n) is 17.4. The molecule has 1 N–H and O–H groups in total. The first-order valence-electron chi connectivity index (χ1n) is 10.2. The molecule has 0 atom stereocenters. The largest absolute Gasteiger partial charge is 0.497 e. The van der Waals surface area contributed by atoms with Gasteiger partial charge in [-0.1, -0.05) is 6.07 Å². The number of likely N-dealkylation sites (tertiary alicyclic amines) is 1. The first-order valence-corrected chi connectivity index (χ1v) is 10.2. The van der Waals surface area contributed by atoms with Crippen molar-refractivity contribution in [2.45, 2.75) is 45.6 Å². The van der Waals surface area contributed by atoms with E-state index in [1.165, 1.54) is 0 Å². The number of aromatic nitrogens is 2. The van der Waals surface area contributed by atoms with Crippen molar-refractivity contribution >= 4 is 17.5 Å². The lowest BCUT2D eigenvalue weighted by Gasteiger charge is -2.31. The molecule has 1 aliphatic heterocycles. The molecular formula is C22H30N4O3. The SMILES string of the molecule is COc1cccc(NC(=O)CCC2CCN(C(=O)c3cnn(C(C)C)c3)CC2)c1. The van der Waals surface area contributed by atoms with Gasteiger partial charge in [-0.2, -0.15) is 5.10 Å². The van der Waals surface area contributed by atoms with E-state index < -0.39 is 0 Å². The monoisotopic (exact) mass is 398 g/mol. The van der Waals surface area contributed by atoms with E-state index >= 15 is 0 Å². The summed E-state index contributed by atoms with van der Waals surface area (Å²) in [5, 5.41) is 7.18. The number of carbonyl (C=O) groups excluding carboxylic acids is 2. The first-order chi connectivity index (χ1) is 14.0. The average Bonchev–Trinajstić information content (AvgIpc) is 3.23. The zero-order valence-corrected chi connectivity index (χ0v) is 17.4. The highest BCUT2D eigenvalue weighted by molar-refractivity contribution is 5.93. The number of nitrogens with zero attached hydrogens (tertiary/aromatic N) is 3. The lowest BCUT2D eigenvalue weighted by atomic mass is 9.92. The zero-order chi connectivity index (χ0) is 20.8. The smallest absolute Gasteiger partial charge is 0.257 e. The highest BCUT2D eigenvalue weighted by Gasteiger charge is 2.25. The third kappa shape index (κ3) is 5.59. The normalized spacial score (nSPS) is 14.8. The Morgan fingerprint density at radius 2 is 2.03 bits per heavy atom. The van der Waals surface area contributed by atoms with Crippen molar-refractivity contribution in [3.05, 3.63) is 42.2 Å². The molecule has 0 unspecified atom stereocenters. The molecule has 2 heterocycles. The van der Waals surface area contributed by atoms with E-state index in [9.17, 15) is 9.59 Å². The number of piperidine rings is 1. The van der Waals surface area contributed by atoms with Gasteiger partial charge in [0, 0.05) is 43.5 Å². The minimum Gasteiger partial charge on any atom is -0.497 e. The van der Waals surface area contributed by atoms with Gasteiger partial charge in [-0.15, -0.1) is 0 Å². The standard InChI is InChI=1S/C22H30N4O3/c1-16(2)26-15-18(14-23-26)22(28)25-11-9-17(10-12-25)7-8-21(27)24-19-5-4-6-20(13-19)29-3/h4-6,13-17H,7-12H2,1-3H3,(H,24,27). The van der Waals surface area contributed by atoms with Crippen LogP contribution in [0.5, 0.6) is 5.75 Å². The van der Waals surface area contributed by atoms with Crippen LogP contribution in [0.15, 0.2) is 36.7 Å². The molecule has 1 aliphatic rings. The number of hydrogen-bond acceptors (Lipinski definition) is 4. The summed E-state index contributed by atoms with van der Waals surface area (Å²) in [5.74, 6) is 1.25. The molecule has 3 rings (SSSR count). The van der Waals surface area contributed by atoms with E-state index in [1.54, 1.807) is 18.0 Å². The number of methoxy groups -OCH3 is 1. The lowest BCUT2D eigenvalue weighted by molar-refractivity contribution is -0.116. The van der Waals surface area contributed by atoms with Crippen molar-refractivity contribution in [2.24, 2.45) is 5.92 Å². The number of rotatable bonds is 7. The summed E-state index contributed by atoms with van der Waals surface area (Å²) >= 11 is 0. The fourth-order valence-electron chi connectivity index (χ4n) is 3.60. The van der Waals surface area contributed by atoms with Crippen LogP contribution in [0.3, 0.4) is 0 Å². The van der Waals surface area contributed by atoms with Crippen molar-refractivity contribution < 1.29 is 14.3 Å². The van der Waals surface area contributed by atoms with Gasteiger partial charge in [0.15, 0.2) is 0 Å². The molecule has 2 amide bonds. The molecular weight excluding hydrogens is 368 g/mol. The predicted octanol–water partition coefficient (Wildman–Crippen LogP) is 3.74. The molecule has 0 aliphatic carbocycles. The van der Waals surface area contributed by atoms with Crippen molar-refractivity contribution in [3.8, 4) is 5.75 Å². The van der Waals surface area contributed by atoms with Crippen LogP contribution in [0.4, 0.5) is 5.69 Å². The van der Waals surface area contributed by atoms with Gasteiger partial charge in [0.05, 0.1) is 18.9 Å². The average molecular weight is 399 g/mol. The Kier molecular flexibility index (Phi) is 6.90. The van der Waals surface area contributed by atoms with Crippen LogP contribution in [-0.2, 0) is 4.79 Å². The minimum atomic E-state index is 0.0119. The van der Waals surface area contributed by atoms with Crippen LogP contribution in [0.2, 0.25) is 0 Å². The van der Waals surface area contributed by atoms with Gasteiger partial charge in [-0.3, -0.25) is 14.3 Å². The van der Waals surface area contributed by atoms with Crippen molar-refractivity contribution in [1.82, 2.24) is 14.7 Å². The highest BCUT2D eigenvalue weighted by atomic mass is 16.5. The Balaban J connectivity index is 1.42. The van der Waals surface area contributed by atoms with Gasteiger partial charge in [0.2, 0.25) is 5.91 Å². The van der Waals surface area contributed by atoms with Crippen LogP contribution >= 0.6 is 0 Å². The summed E-state index contributed by atoms with van der Waals surface area (Å²) in [6.07, 6.45) is 6.65. The summed E-state index contributed by atoms with van der Waals surface area (Å²) < 4.78 is 6.98. The molecule has 1 aromatic heterocycles. The molecule has 0 spiro atoms. The molecule has 1 saturated heterocycles. The van der Waals surface area contributed by atoms with E-state index in [0.717, 1.165) is 43.8 Å². The van der Waals surface area contributed by atoms with Crippen LogP contribution in [-0.4, -0.2) is 46.7 Å². The maximum absolute atomic E-state index is 12.7. The first kappa shape index (κ1) is 20.9. The molecule has 0 radical (unpaired) electrons. The van der Waals surface area contributed by atoms with Crippen molar-refractivity contribution in [2.75, 3.05) is 25.5 Å². The number of ether oxygens (including phenoxy) is 1. The Bertz CT molecular complexity index is 838.